The average Bonchev–Trinajstić information content (AvgIpc) is 3.01. The molecule has 0 aromatic heterocycles. The van der Waals surface area contributed by atoms with Gasteiger partial charge in [0.15, 0.2) is 4.32 Å². The van der Waals surface area contributed by atoms with Gasteiger partial charge in [-0.05, 0) is 35.0 Å². The van der Waals surface area contributed by atoms with Crippen LogP contribution in [0.3, 0.4) is 0 Å². The van der Waals surface area contributed by atoms with Crippen molar-refractivity contribution in [3.8, 4) is 18.1 Å². The number of benzene rings is 3. The van der Waals surface area contributed by atoms with E-state index in [2.05, 4.69) is 5.92 Å². The second kappa shape index (κ2) is 7.89. The number of amides is 1. The molecular formula is C23H15NO2S2. The molecule has 0 saturated carbocycles. The maximum Gasteiger partial charge on any atom is 0.270 e. The quantitative estimate of drug-likeness (QED) is 0.339. The minimum atomic E-state index is -0.142. The number of hydrogen-bond acceptors (Lipinski definition) is 4. The summed E-state index contributed by atoms with van der Waals surface area (Å²) in [5, 5.41) is 2.04. The molecule has 1 saturated heterocycles. The first kappa shape index (κ1) is 18.3. The molecule has 0 radical (unpaired) electrons. The zero-order valence-corrected chi connectivity index (χ0v) is 16.4. The lowest BCUT2D eigenvalue weighted by molar-refractivity contribution is -0.113. The van der Waals surface area contributed by atoms with Crippen LogP contribution >= 0.6 is 24.0 Å². The van der Waals surface area contributed by atoms with E-state index in [1.807, 2.05) is 72.8 Å². The molecule has 1 amide bonds. The minimum Gasteiger partial charge on any atom is -0.480 e. The van der Waals surface area contributed by atoms with Crippen molar-refractivity contribution in [3.05, 3.63) is 77.2 Å². The number of carbonyl (C=O) groups is 1. The lowest BCUT2D eigenvalue weighted by atomic mass is 10.0. The van der Waals surface area contributed by atoms with Crippen molar-refractivity contribution in [2.45, 2.75) is 0 Å². The molecular weight excluding hydrogens is 386 g/mol. The van der Waals surface area contributed by atoms with E-state index in [9.17, 15) is 4.79 Å². The van der Waals surface area contributed by atoms with Crippen LogP contribution in [0.5, 0.6) is 5.75 Å². The smallest absolute Gasteiger partial charge is 0.270 e. The molecule has 0 N–H and O–H groups in total. The van der Waals surface area contributed by atoms with Crippen LogP contribution in [0.1, 0.15) is 5.56 Å². The first-order chi connectivity index (χ1) is 13.7. The van der Waals surface area contributed by atoms with E-state index in [0.717, 1.165) is 22.0 Å². The van der Waals surface area contributed by atoms with Gasteiger partial charge in [0.25, 0.3) is 5.91 Å². The van der Waals surface area contributed by atoms with E-state index in [0.29, 0.717) is 15.0 Å². The Bertz CT molecular complexity index is 1150. The lowest BCUT2D eigenvalue weighted by Gasteiger charge is -2.14. The summed E-state index contributed by atoms with van der Waals surface area (Å²) in [7, 11) is 0. The van der Waals surface area contributed by atoms with Gasteiger partial charge in [-0.25, -0.2) is 0 Å². The molecule has 3 aromatic carbocycles. The van der Waals surface area contributed by atoms with E-state index in [4.69, 9.17) is 23.4 Å². The van der Waals surface area contributed by atoms with Gasteiger partial charge in [0.2, 0.25) is 0 Å². The lowest BCUT2D eigenvalue weighted by Crippen LogP contribution is -2.27. The first-order valence-electron chi connectivity index (χ1n) is 8.60. The highest BCUT2D eigenvalue weighted by Crippen LogP contribution is 2.38. The Morgan fingerprint density at radius 2 is 1.82 bits per heavy atom. The summed E-state index contributed by atoms with van der Waals surface area (Å²) in [6.07, 6.45) is 7.20. The number of para-hydroxylation sites is 1. The monoisotopic (exact) mass is 401 g/mol. The highest BCUT2D eigenvalue weighted by Gasteiger charge is 2.33. The van der Waals surface area contributed by atoms with E-state index in [1.54, 1.807) is 4.90 Å². The first-order valence-corrected chi connectivity index (χ1v) is 9.82. The van der Waals surface area contributed by atoms with Gasteiger partial charge >= 0.3 is 0 Å². The predicted molar refractivity (Wildman–Crippen MR) is 120 cm³/mol. The van der Waals surface area contributed by atoms with Crippen molar-refractivity contribution in [2.24, 2.45) is 0 Å². The average molecular weight is 402 g/mol. The molecule has 0 aliphatic carbocycles. The van der Waals surface area contributed by atoms with Crippen molar-refractivity contribution in [3.63, 3.8) is 0 Å². The fourth-order valence-electron chi connectivity index (χ4n) is 3.07. The Hall–Kier alpha value is -3.07. The Morgan fingerprint density at radius 1 is 1.07 bits per heavy atom. The molecule has 5 heteroatoms. The van der Waals surface area contributed by atoms with Gasteiger partial charge in [-0.3, -0.25) is 9.69 Å². The van der Waals surface area contributed by atoms with Gasteiger partial charge in [-0.2, -0.15) is 0 Å². The fourth-order valence-corrected chi connectivity index (χ4v) is 4.35. The summed E-state index contributed by atoms with van der Waals surface area (Å²) in [5.74, 6) is 2.98. The Kier molecular flexibility index (Phi) is 5.16. The molecule has 1 heterocycles. The van der Waals surface area contributed by atoms with Crippen LogP contribution in [0.25, 0.3) is 16.8 Å². The maximum absolute atomic E-state index is 13.1. The fraction of sp³-hybridized carbons (Fsp3) is 0.0435. The third-order valence-electron chi connectivity index (χ3n) is 4.33. The largest absolute Gasteiger partial charge is 0.480 e. The van der Waals surface area contributed by atoms with Crippen LogP contribution in [0.15, 0.2) is 71.6 Å². The molecule has 0 atom stereocenters. The number of fused-ring (bicyclic) bond motifs is 1. The van der Waals surface area contributed by atoms with Crippen LogP contribution in [-0.2, 0) is 4.79 Å². The van der Waals surface area contributed by atoms with Gasteiger partial charge in [0, 0.05) is 5.56 Å². The van der Waals surface area contributed by atoms with E-state index < -0.39 is 0 Å². The summed E-state index contributed by atoms with van der Waals surface area (Å²) >= 11 is 6.75. The number of ether oxygens (including phenoxy) is 1. The highest BCUT2D eigenvalue weighted by molar-refractivity contribution is 8.27. The van der Waals surface area contributed by atoms with E-state index in [-0.39, 0.29) is 12.5 Å². The molecule has 0 bridgehead atoms. The summed E-state index contributed by atoms with van der Waals surface area (Å²) in [6.45, 7) is 0.157. The zero-order valence-electron chi connectivity index (χ0n) is 14.8. The van der Waals surface area contributed by atoms with Crippen LogP contribution < -0.4 is 9.64 Å². The summed E-state index contributed by atoms with van der Waals surface area (Å²) < 4.78 is 6.24. The van der Waals surface area contributed by atoms with Crippen LogP contribution in [0.2, 0.25) is 0 Å². The predicted octanol–water partition coefficient (Wildman–Crippen LogP) is 5.26. The van der Waals surface area contributed by atoms with Crippen molar-refractivity contribution in [1.29, 1.82) is 0 Å². The van der Waals surface area contributed by atoms with E-state index >= 15 is 0 Å². The van der Waals surface area contributed by atoms with Gasteiger partial charge < -0.3 is 4.74 Å². The summed E-state index contributed by atoms with van der Waals surface area (Å²) in [5.41, 5.74) is 1.58. The molecule has 28 heavy (non-hydrogen) atoms. The number of thiocarbonyl (C=S) groups is 1. The van der Waals surface area contributed by atoms with Crippen molar-refractivity contribution < 1.29 is 9.53 Å². The molecule has 1 aliphatic heterocycles. The molecule has 0 spiro atoms. The second-order valence-corrected chi connectivity index (χ2v) is 7.72. The van der Waals surface area contributed by atoms with Gasteiger partial charge in [0.05, 0.1) is 10.6 Å². The van der Waals surface area contributed by atoms with Crippen molar-refractivity contribution >= 4 is 56.7 Å². The van der Waals surface area contributed by atoms with Crippen LogP contribution in [0.4, 0.5) is 5.69 Å². The van der Waals surface area contributed by atoms with Crippen LogP contribution in [-0.4, -0.2) is 16.8 Å². The number of nitrogens with zero attached hydrogens (tertiary/aromatic N) is 1. The Balaban J connectivity index is 1.80. The molecule has 1 aliphatic rings. The third kappa shape index (κ3) is 3.40. The standard InChI is InChI=1S/C23H15NO2S2/c1-2-14-26-20-13-12-16-8-6-7-11-18(16)19(20)15-21-22(25)24(23(27)28-21)17-9-4-3-5-10-17/h1,3-13,15H,14H2/b21-15+. The van der Waals surface area contributed by atoms with Gasteiger partial charge in [-0.1, -0.05) is 78.4 Å². The number of rotatable bonds is 4. The number of anilines is 1. The SMILES string of the molecule is C#CCOc1ccc2ccccc2c1/C=C1/SC(=S)N(c2ccccc2)C1=O. The molecule has 0 unspecified atom stereocenters. The normalized spacial score (nSPS) is 15.2. The molecule has 3 nitrogen and oxygen atoms in total. The number of carbonyl (C=O) groups excluding carboxylic acids is 1. The molecule has 1 fully saturated rings. The number of hydrogen-bond donors (Lipinski definition) is 0. The summed E-state index contributed by atoms with van der Waals surface area (Å²) in [6, 6.07) is 21.2. The highest BCUT2D eigenvalue weighted by atomic mass is 32.2. The van der Waals surface area contributed by atoms with Crippen molar-refractivity contribution in [2.75, 3.05) is 11.5 Å². The minimum absolute atomic E-state index is 0.142. The number of terminal acetylenes is 1. The topological polar surface area (TPSA) is 29.5 Å². The Labute approximate surface area is 173 Å². The Morgan fingerprint density at radius 3 is 2.61 bits per heavy atom. The zero-order chi connectivity index (χ0) is 19.5. The second-order valence-electron chi connectivity index (χ2n) is 6.04. The third-order valence-corrected chi connectivity index (χ3v) is 5.63. The summed E-state index contributed by atoms with van der Waals surface area (Å²) in [4.78, 5) is 15.2. The maximum atomic E-state index is 13.1. The van der Waals surface area contributed by atoms with E-state index in [1.165, 1.54) is 11.8 Å². The molecule has 4 rings (SSSR count). The number of thioether (sulfide) groups is 1. The van der Waals surface area contributed by atoms with Crippen molar-refractivity contribution in [1.82, 2.24) is 0 Å². The van der Waals surface area contributed by atoms with Gasteiger partial charge in [-0.15, -0.1) is 6.42 Å². The van der Waals surface area contributed by atoms with Gasteiger partial charge in [0.1, 0.15) is 12.4 Å². The van der Waals surface area contributed by atoms with Crippen LogP contribution in [0, 0.1) is 12.3 Å². The molecule has 3 aromatic rings. The molecule has 136 valence electrons.